The first kappa shape index (κ1) is 23.5. The smallest absolute Gasteiger partial charge is 0.252 e. The summed E-state index contributed by atoms with van der Waals surface area (Å²) in [6.07, 6.45) is 0. The van der Waals surface area contributed by atoms with E-state index in [1.54, 1.807) is 13.8 Å². The first-order valence-electron chi connectivity index (χ1n) is 10.4. The van der Waals surface area contributed by atoms with E-state index in [9.17, 15) is 13.2 Å². The molecule has 2 N–H and O–H groups in total. The molecule has 0 saturated carbocycles. The van der Waals surface area contributed by atoms with E-state index in [1.165, 1.54) is 23.9 Å². The molecule has 1 heterocycles. The Labute approximate surface area is 189 Å². The summed E-state index contributed by atoms with van der Waals surface area (Å²) in [5.74, 6) is -0.380. The Morgan fingerprint density at radius 2 is 1.74 bits per heavy atom. The van der Waals surface area contributed by atoms with E-state index in [4.69, 9.17) is 11.6 Å². The van der Waals surface area contributed by atoms with Crippen molar-refractivity contribution < 1.29 is 13.2 Å². The lowest BCUT2D eigenvalue weighted by molar-refractivity contribution is 0.0947. The molecule has 0 aliphatic carbocycles. The van der Waals surface area contributed by atoms with Crippen LogP contribution in [0.5, 0.6) is 0 Å². The zero-order valence-electron chi connectivity index (χ0n) is 17.8. The third kappa shape index (κ3) is 6.43. The Hall–Kier alpha value is -2.13. The number of benzene rings is 2. The maximum Gasteiger partial charge on any atom is 0.252 e. The average Bonchev–Trinajstić information content (AvgIpc) is 2.74. The molecule has 168 valence electrons. The summed E-state index contributed by atoms with van der Waals surface area (Å²) in [6.45, 7) is 8.36. The van der Waals surface area contributed by atoms with E-state index in [2.05, 4.69) is 32.0 Å². The molecule has 1 aliphatic heterocycles. The monoisotopic (exact) mass is 464 g/mol. The van der Waals surface area contributed by atoms with Crippen LogP contribution in [0.15, 0.2) is 53.4 Å². The predicted octanol–water partition coefficient (Wildman–Crippen LogP) is 2.58. The van der Waals surface area contributed by atoms with Crippen LogP contribution in [0.25, 0.3) is 0 Å². The molecule has 31 heavy (non-hydrogen) atoms. The van der Waals surface area contributed by atoms with E-state index in [-0.39, 0.29) is 27.4 Å². The number of halogens is 1. The van der Waals surface area contributed by atoms with Gasteiger partial charge in [0.1, 0.15) is 0 Å². The van der Waals surface area contributed by atoms with E-state index >= 15 is 0 Å². The number of carbonyl (C=O) groups is 1. The van der Waals surface area contributed by atoms with E-state index in [1.807, 2.05) is 18.2 Å². The lowest BCUT2D eigenvalue weighted by Gasteiger charge is -2.36. The fourth-order valence-electron chi connectivity index (χ4n) is 3.52. The van der Waals surface area contributed by atoms with Gasteiger partial charge in [0.25, 0.3) is 5.91 Å². The Bertz CT molecular complexity index is 991. The molecule has 0 radical (unpaired) electrons. The van der Waals surface area contributed by atoms with Gasteiger partial charge in [0.15, 0.2) is 0 Å². The predicted molar refractivity (Wildman–Crippen MR) is 124 cm³/mol. The summed E-state index contributed by atoms with van der Waals surface area (Å²) in [4.78, 5) is 17.3. The fourth-order valence-corrected chi connectivity index (χ4v) is 5.00. The van der Waals surface area contributed by atoms with E-state index in [0.29, 0.717) is 6.54 Å². The van der Waals surface area contributed by atoms with Crippen LogP contribution < -0.4 is 14.9 Å². The number of nitrogens with one attached hydrogen (secondary N) is 2. The fraction of sp³-hybridized carbons (Fsp3) is 0.409. The minimum absolute atomic E-state index is 0.0211. The third-order valence-corrected chi connectivity index (χ3v) is 7.08. The molecule has 0 atom stereocenters. The molecule has 3 rings (SSSR count). The summed E-state index contributed by atoms with van der Waals surface area (Å²) < 4.78 is 27.3. The second kappa shape index (κ2) is 10.5. The lowest BCUT2D eigenvalue weighted by atomic mass is 10.2. The molecule has 1 amide bonds. The number of hydrogen-bond donors (Lipinski definition) is 2. The Balaban J connectivity index is 1.52. The molecular formula is C22H29ClN4O3S. The third-order valence-electron chi connectivity index (χ3n) is 5.09. The molecule has 2 aromatic carbocycles. The van der Waals surface area contributed by atoms with Crippen LogP contribution in [0.1, 0.15) is 24.2 Å². The minimum Gasteiger partial charge on any atom is -0.369 e. The van der Waals surface area contributed by atoms with Gasteiger partial charge in [0.05, 0.1) is 15.5 Å². The number of para-hydroxylation sites is 1. The van der Waals surface area contributed by atoms with Crippen molar-refractivity contribution >= 4 is 33.2 Å². The van der Waals surface area contributed by atoms with E-state index in [0.717, 1.165) is 32.7 Å². The van der Waals surface area contributed by atoms with Crippen molar-refractivity contribution in [3.05, 3.63) is 59.1 Å². The van der Waals surface area contributed by atoms with Crippen molar-refractivity contribution in [2.75, 3.05) is 44.2 Å². The standard InChI is InChI=1S/C22H29ClN4O3S/c1-17(2)25-31(29,30)19-8-9-21(23)20(16-19)22(28)24-10-11-26-12-14-27(15-13-26)18-6-4-3-5-7-18/h3-9,16-17,25H,10-15H2,1-2H3,(H,24,28). The Morgan fingerprint density at radius 3 is 2.39 bits per heavy atom. The van der Waals surface area contributed by atoms with Crippen molar-refractivity contribution in [2.45, 2.75) is 24.8 Å². The number of nitrogens with zero attached hydrogens (tertiary/aromatic N) is 2. The summed E-state index contributed by atoms with van der Waals surface area (Å²) in [6, 6.07) is 14.2. The molecule has 0 aromatic heterocycles. The Kier molecular flexibility index (Phi) is 7.94. The number of carbonyl (C=O) groups excluding carboxylic acids is 1. The van der Waals surface area contributed by atoms with Crippen molar-refractivity contribution in [1.29, 1.82) is 0 Å². The van der Waals surface area contributed by atoms with Gasteiger partial charge in [-0.2, -0.15) is 0 Å². The van der Waals surface area contributed by atoms with Gasteiger partial charge in [-0.3, -0.25) is 9.69 Å². The summed E-state index contributed by atoms with van der Waals surface area (Å²) in [5, 5.41) is 3.08. The van der Waals surface area contributed by atoms with Gasteiger partial charge in [-0.1, -0.05) is 29.8 Å². The molecule has 7 nitrogen and oxygen atoms in total. The molecule has 1 saturated heterocycles. The number of piperazine rings is 1. The molecule has 0 bridgehead atoms. The quantitative estimate of drug-likeness (QED) is 0.627. The molecule has 0 spiro atoms. The second-order valence-corrected chi connectivity index (χ2v) is 9.96. The number of anilines is 1. The highest BCUT2D eigenvalue weighted by atomic mass is 35.5. The van der Waals surface area contributed by atoms with Gasteiger partial charge in [0.2, 0.25) is 10.0 Å². The Morgan fingerprint density at radius 1 is 1.06 bits per heavy atom. The summed E-state index contributed by atoms with van der Waals surface area (Å²) in [5.41, 5.74) is 1.38. The van der Waals surface area contributed by atoms with Crippen molar-refractivity contribution in [3.8, 4) is 0 Å². The lowest BCUT2D eigenvalue weighted by Crippen LogP contribution is -2.48. The van der Waals surface area contributed by atoms with E-state index < -0.39 is 10.0 Å². The average molecular weight is 465 g/mol. The van der Waals surface area contributed by atoms with Crippen LogP contribution in [0, 0.1) is 0 Å². The largest absolute Gasteiger partial charge is 0.369 e. The number of sulfonamides is 1. The van der Waals surface area contributed by atoms with Gasteiger partial charge >= 0.3 is 0 Å². The van der Waals surface area contributed by atoms with Gasteiger partial charge in [-0.25, -0.2) is 13.1 Å². The molecule has 1 fully saturated rings. The minimum atomic E-state index is -3.70. The van der Waals surface area contributed by atoms with Crippen LogP contribution in [-0.4, -0.2) is 64.5 Å². The zero-order chi connectivity index (χ0) is 22.4. The molecule has 1 aliphatic rings. The molecule has 2 aromatic rings. The highest BCUT2D eigenvalue weighted by Gasteiger charge is 2.20. The summed E-state index contributed by atoms with van der Waals surface area (Å²) in [7, 11) is -3.70. The highest BCUT2D eigenvalue weighted by molar-refractivity contribution is 7.89. The molecular weight excluding hydrogens is 436 g/mol. The first-order valence-corrected chi connectivity index (χ1v) is 12.2. The van der Waals surface area contributed by atoms with Crippen molar-refractivity contribution in [1.82, 2.24) is 14.9 Å². The van der Waals surface area contributed by atoms with Gasteiger partial charge < -0.3 is 10.2 Å². The van der Waals surface area contributed by atoms with Crippen molar-refractivity contribution in [2.24, 2.45) is 0 Å². The van der Waals surface area contributed by atoms with Crippen LogP contribution in [0.3, 0.4) is 0 Å². The normalized spacial score (nSPS) is 15.3. The SMILES string of the molecule is CC(C)NS(=O)(=O)c1ccc(Cl)c(C(=O)NCCN2CCN(c3ccccc3)CC2)c1. The maximum absolute atomic E-state index is 12.6. The van der Waals surface area contributed by atoms with Crippen LogP contribution in [-0.2, 0) is 10.0 Å². The molecule has 9 heteroatoms. The highest BCUT2D eigenvalue weighted by Crippen LogP contribution is 2.21. The van der Waals surface area contributed by atoms with Gasteiger partial charge in [-0.05, 0) is 44.2 Å². The maximum atomic E-state index is 12.6. The van der Waals surface area contributed by atoms with Crippen LogP contribution in [0.2, 0.25) is 5.02 Å². The number of amides is 1. The number of rotatable bonds is 8. The van der Waals surface area contributed by atoms with Crippen LogP contribution in [0.4, 0.5) is 5.69 Å². The molecule has 0 unspecified atom stereocenters. The topological polar surface area (TPSA) is 81.7 Å². The van der Waals surface area contributed by atoms with Crippen LogP contribution >= 0.6 is 11.6 Å². The zero-order valence-corrected chi connectivity index (χ0v) is 19.4. The second-order valence-electron chi connectivity index (χ2n) is 7.84. The first-order chi connectivity index (χ1) is 14.8. The summed E-state index contributed by atoms with van der Waals surface area (Å²) >= 11 is 6.16. The van der Waals surface area contributed by atoms with Crippen molar-refractivity contribution in [3.63, 3.8) is 0 Å². The van der Waals surface area contributed by atoms with Gasteiger partial charge in [-0.15, -0.1) is 0 Å². The number of hydrogen-bond acceptors (Lipinski definition) is 5. The van der Waals surface area contributed by atoms with Gasteiger partial charge in [0, 0.05) is 51.0 Å².